The molecule has 0 saturated carbocycles. The SMILES string of the molecule is NC(CN1CCN(S(=O)(=O)CCCC(F)(F)F)CC1)=NO. The van der Waals surface area contributed by atoms with Crippen LogP contribution >= 0.6 is 0 Å². The molecule has 0 aliphatic carbocycles. The molecule has 7 nitrogen and oxygen atoms in total. The molecule has 124 valence electrons. The van der Waals surface area contributed by atoms with Gasteiger partial charge in [0.25, 0.3) is 0 Å². The Labute approximate surface area is 121 Å². The highest BCUT2D eigenvalue weighted by Gasteiger charge is 2.30. The highest BCUT2D eigenvalue weighted by molar-refractivity contribution is 7.89. The van der Waals surface area contributed by atoms with E-state index in [1.807, 2.05) is 0 Å². The summed E-state index contributed by atoms with van der Waals surface area (Å²) in [6.07, 6.45) is -5.87. The number of piperazine rings is 1. The fraction of sp³-hybridized carbons (Fsp3) is 0.900. The zero-order valence-electron chi connectivity index (χ0n) is 11.4. The Bertz CT molecular complexity index is 459. The van der Waals surface area contributed by atoms with E-state index in [0.29, 0.717) is 13.1 Å². The molecule has 3 N–H and O–H groups in total. The van der Waals surface area contributed by atoms with Gasteiger partial charge in [-0.3, -0.25) is 4.90 Å². The quantitative estimate of drug-likeness (QED) is 0.309. The van der Waals surface area contributed by atoms with Crippen molar-refractivity contribution in [1.29, 1.82) is 0 Å². The van der Waals surface area contributed by atoms with Crippen molar-refractivity contribution in [2.45, 2.75) is 19.0 Å². The number of sulfonamides is 1. The van der Waals surface area contributed by atoms with E-state index in [-0.39, 0.29) is 25.5 Å². The van der Waals surface area contributed by atoms with Gasteiger partial charge < -0.3 is 10.9 Å². The standard InChI is InChI=1S/C10H19F3N4O3S/c11-10(12,13)2-1-7-21(19,20)17-5-3-16(4-6-17)8-9(14)15-18/h18H,1-8H2,(H2,14,15). The molecule has 0 radical (unpaired) electrons. The van der Waals surface area contributed by atoms with Gasteiger partial charge in [0.15, 0.2) is 5.84 Å². The van der Waals surface area contributed by atoms with Gasteiger partial charge in [-0.2, -0.15) is 17.5 Å². The number of halogens is 3. The van der Waals surface area contributed by atoms with Gasteiger partial charge in [-0.05, 0) is 6.42 Å². The van der Waals surface area contributed by atoms with Crippen molar-refractivity contribution in [2.24, 2.45) is 10.9 Å². The Morgan fingerprint density at radius 2 is 1.81 bits per heavy atom. The second-order valence-corrected chi connectivity index (χ2v) is 6.89. The molecule has 1 rings (SSSR count). The van der Waals surface area contributed by atoms with Crippen LogP contribution in [-0.4, -0.2) is 73.3 Å². The van der Waals surface area contributed by atoms with Crippen molar-refractivity contribution in [3.63, 3.8) is 0 Å². The Balaban J connectivity index is 2.41. The average Bonchev–Trinajstić information content (AvgIpc) is 2.37. The summed E-state index contributed by atoms with van der Waals surface area (Å²) < 4.78 is 61.1. The summed E-state index contributed by atoms with van der Waals surface area (Å²) in [4.78, 5) is 1.80. The number of nitrogens with zero attached hydrogens (tertiary/aromatic N) is 3. The first-order chi connectivity index (χ1) is 9.64. The van der Waals surface area contributed by atoms with Gasteiger partial charge in [0.1, 0.15) is 0 Å². The third-order valence-corrected chi connectivity index (χ3v) is 5.06. The van der Waals surface area contributed by atoms with Gasteiger partial charge in [0.05, 0.1) is 12.3 Å². The van der Waals surface area contributed by atoms with Crippen molar-refractivity contribution in [2.75, 3.05) is 38.5 Å². The van der Waals surface area contributed by atoms with E-state index < -0.39 is 34.8 Å². The van der Waals surface area contributed by atoms with E-state index >= 15 is 0 Å². The summed E-state index contributed by atoms with van der Waals surface area (Å²) in [7, 11) is -3.67. The van der Waals surface area contributed by atoms with Crippen LogP contribution in [0.4, 0.5) is 13.2 Å². The zero-order chi connectivity index (χ0) is 16.1. The molecule has 0 amide bonds. The van der Waals surface area contributed by atoms with Crippen LogP contribution in [0, 0.1) is 0 Å². The minimum absolute atomic E-state index is 0.0245. The van der Waals surface area contributed by atoms with Crippen LogP contribution in [0.1, 0.15) is 12.8 Å². The number of hydrogen-bond acceptors (Lipinski definition) is 5. The van der Waals surface area contributed by atoms with Gasteiger partial charge in [-0.1, -0.05) is 5.16 Å². The molecule has 1 saturated heterocycles. The Morgan fingerprint density at radius 1 is 1.24 bits per heavy atom. The van der Waals surface area contributed by atoms with Crippen LogP contribution in [0.15, 0.2) is 5.16 Å². The maximum atomic E-state index is 12.0. The Kier molecular flexibility index (Phi) is 6.23. The number of rotatable bonds is 6. The maximum Gasteiger partial charge on any atom is 0.389 e. The molecule has 0 aromatic heterocycles. The van der Waals surface area contributed by atoms with Crippen molar-refractivity contribution in [3.05, 3.63) is 0 Å². The van der Waals surface area contributed by atoms with E-state index in [9.17, 15) is 21.6 Å². The molecule has 1 fully saturated rings. The lowest BCUT2D eigenvalue weighted by Crippen LogP contribution is -2.51. The van der Waals surface area contributed by atoms with E-state index in [1.54, 1.807) is 4.90 Å². The molecule has 11 heteroatoms. The lowest BCUT2D eigenvalue weighted by atomic mass is 10.3. The van der Waals surface area contributed by atoms with Crippen LogP contribution in [-0.2, 0) is 10.0 Å². The zero-order valence-corrected chi connectivity index (χ0v) is 12.2. The normalized spacial score (nSPS) is 19.9. The Morgan fingerprint density at radius 3 is 2.29 bits per heavy atom. The fourth-order valence-corrected chi connectivity index (χ4v) is 3.50. The number of oxime groups is 1. The van der Waals surface area contributed by atoms with E-state index in [4.69, 9.17) is 10.9 Å². The summed E-state index contributed by atoms with van der Waals surface area (Å²) in [5, 5.41) is 11.3. The molecule has 1 heterocycles. The van der Waals surface area contributed by atoms with E-state index in [2.05, 4.69) is 5.16 Å². The topological polar surface area (TPSA) is 99.2 Å². The van der Waals surface area contributed by atoms with Gasteiger partial charge in [-0.25, -0.2) is 8.42 Å². The summed E-state index contributed by atoms with van der Waals surface area (Å²) >= 11 is 0. The highest BCUT2D eigenvalue weighted by atomic mass is 32.2. The molecule has 0 atom stereocenters. The predicted octanol–water partition coefficient (Wildman–Crippen LogP) is 0.0227. The van der Waals surface area contributed by atoms with Crippen LogP contribution in [0.5, 0.6) is 0 Å². The monoisotopic (exact) mass is 332 g/mol. The Hall–Kier alpha value is -1.07. The van der Waals surface area contributed by atoms with Crippen LogP contribution in [0.25, 0.3) is 0 Å². The molecule has 0 unspecified atom stereocenters. The van der Waals surface area contributed by atoms with Crippen LogP contribution in [0.2, 0.25) is 0 Å². The smallest absolute Gasteiger partial charge is 0.389 e. The molecular weight excluding hydrogens is 313 g/mol. The lowest BCUT2D eigenvalue weighted by Gasteiger charge is -2.33. The minimum atomic E-state index is -4.34. The van der Waals surface area contributed by atoms with Gasteiger partial charge >= 0.3 is 6.18 Å². The first-order valence-electron chi connectivity index (χ1n) is 6.37. The van der Waals surface area contributed by atoms with E-state index in [1.165, 1.54) is 4.31 Å². The highest BCUT2D eigenvalue weighted by Crippen LogP contribution is 2.22. The third kappa shape index (κ3) is 6.48. The molecule has 1 aliphatic rings. The summed E-state index contributed by atoms with van der Waals surface area (Å²) in [5.41, 5.74) is 5.35. The van der Waals surface area contributed by atoms with E-state index in [0.717, 1.165) is 0 Å². The summed E-state index contributed by atoms with van der Waals surface area (Å²) in [5.74, 6) is -0.483. The number of alkyl halides is 3. The minimum Gasteiger partial charge on any atom is -0.409 e. The fourth-order valence-electron chi connectivity index (χ4n) is 2.01. The number of nitrogens with two attached hydrogens (primary N) is 1. The molecule has 0 bridgehead atoms. The van der Waals surface area contributed by atoms with Crippen LogP contribution in [0.3, 0.4) is 0 Å². The second-order valence-electron chi connectivity index (χ2n) is 4.80. The predicted molar refractivity (Wildman–Crippen MR) is 70.5 cm³/mol. The summed E-state index contributed by atoms with van der Waals surface area (Å²) in [6.45, 7) is 1.36. The first kappa shape index (κ1) is 18.0. The summed E-state index contributed by atoms with van der Waals surface area (Å²) in [6, 6.07) is 0. The molecule has 0 spiro atoms. The number of hydrogen-bond donors (Lipinski definition) is 2. The third-order valence-electron chi connectivity index (χ3n) is 3.10. The molecule has 1 aliphatic heterocycles. The van der Waals surface area contributed by atoms with Crippen LogP contribution < -0.4 is 5.73 Å². The lowest BCUT2D eigenvalue weighted by molar-refractivity contribution is -0.134. The van der Waals surface area contributed by atoms with Crippen molar-refractivity contribution in [3.8, 4) is 0 Å². The maximum absolute atomic E-state index is 12.0. The molecule has 0 aromatic carbocycles. The van der Waals surface area contributed by atoms with Crippen molar-refractivity contribution in [1.82, 2.24) is 9.21 Å². The average molecular weight is 332 g/mol. The largest absolute Gasteiger partial charge is 0.409 e. The first-order valence-corrected chi connectivity index (χ1v) is 7.98. The van der Waals surface area contributed by atoms with Crippen molar-refractivity contribution < 1.29 is 26.8 Å². The second kappa shape index (κ2) is 7.27. The number of amidine groups is 1. The van der Waals surface area contributed by atoms with Gasteiger partial charge in [0.2, 0.25) is 10.0 Å². The molecular formula is C10H19F3N4O3S. The van der Waals surface area contributed by atoms with Crippen molar-refractivity contribution >= 4 is 15.9 Å². The molecule has 21 heavy (non-hydrogen) atoms. The van der Waals surface area contributed by atoms with Gasteiger partial charge in [-0.15, -0.1) is 0 Å². The molecule has 0 aromatic rings. The van der Waals surface area contributed by atoms with Gasteiger partial charge in [0, 0.05) is 32.6 Å².